The molecule has 2 saturated carbocycles. The molecular formula is C25H28N2O4. The van der Waals surface area contributed by atoms with Gasteiger partial charge in [0.1, 0.15) is 11.5 Å². The highest BCUT2D eigenvalue weighted by Crippen LogP contribution is 2.29. The van der Waals surface area contributed by atoms with Crippen LogP contribution in [-0.2, 0) is 11.3 Å². The molecule has 6 heteroatoms. The first-order valence-corrected chi connectivity index (χ1v) is 10.7. The molecule has 31 heavy (non-hydrogen) atoms. The molecule has 2 aromatic carbocycles. The van der Waals surface area contributed by atoms with Crippen LogP contribution in [0.3, 0.4) is 0 Å². The number of amides is 2. The third-order valence-electron chi connectivity index (χ3n) is 5.54. The second-order valence-electron chi connectivity index (χ2n) is 8.12. The first kappa shape index (κ1) is 21.0. The summed E-state index contributed by atoms with van der Waals surface area (Å²) in [5, 5.41) is 2.99. The van der Waals surface area contributed by atoms with Crippen LogP contribution in [0.2, 0.25) is 0 Å². The summed E-state index contributed by atoms with van der Waals surface area (Å²) in [5.41, 5.74) is 2.51. The summed E-state index contributed by atoms with van der Waals surface area (Å²) in [6.45, 7) is 0.528. The lowest BCUT2D eigenvalue weighted by Crippen LogP contribution is -2.31. The molecule has 0 aromatic heterocycles. The van der Waals surface area contributed by atoms with Crippen molar-refractivity contribution in [1.82, 2.24) is 10.2 Å². The van der Waals surface area contributed by atoms with E-state index in [2.05, 4.69) is 5.32 Å². The highest BCUT2D eigenvalue weighted by atomic mass is 16.5. The van der Waals surface area contributed by atoms with Gasteiger partial charge in [-0.15, -0.1) is 0 Å². The second kappa shape index (κ2) is 9.25. The second-order valence-corrected chi connectivity index (χ2v) is 8.12. The first-order chi connectivity index (χ1) is 15.1. The van der Waals surface area contributed by atoms with Gasteiger partial charge in [0.2, 0.25) is 5.91 Å². The number of carbonyl (C=O) groups is 2. The minimum atomic E-state index is -0.0279. The van der Waals surface area contributed by atoms with Gasteiger partial charge in [0.25, 0.3) is 5.91 Å². The molecule has 0 radical (unpaired) electrons. The highest BCUT2D eigenvalue weighted by molar-refractivity contribution is 5.94. The number of benzene rings is 2. The van der Waals surface area contributed by atoms with E-state index >= 15 is 0 Å². The molecule has 2 aromatic rings. The number of ether oxygens (including phenoxy) is 2. The monoisotopic (exact) mass is 420 g/mol. The molecule has 4 rings (SSSR count). The van der Waals surface area contributed by atoms with Gasteiger partial charge in [-0.3, -0.25) is 9.59 Å². The Hall–Kier alpha value is -3.28. The van der Waals surface area contributed by atoms with Crippen LogP contribution in [0.4, 0.5) is 0 Å². The van der Waals surface area contributed by atoms with Crippen molar-refractivity contribution in [3.05, 3.63) is 65.2 Å². The van der Waals surface area contributed by atoms with Crippen LogP contribution in [-0.4, -0.2) is 43.0 Å². The van der Waals surface area contributed by atoms with Crippen LogP contribution in [0.5, 0.6) is 11.5 Å². The summed E-state index contributed by atoms with van der Waals surface area (Å²) in [7, 11) is 3.20. The van der Waals surface area contributed by atoms with Crippen molar-refractivity contribution >= 4 is 17.9 Å². The van der Waals surface area contributed by atoms with Gasteiger partial charge in [-0.25, -0.2) is 0 Å². The molecule has 0 aliphatic heterocycles. The predicted octanol–water partition coefficient (Wildman–Crippen LogP) is 3.80. The molecule has 6 nitrogen and oxygen atoms in total. The van der Waals surface area contributed by atoms with E-state index in [1.807, 2.05) is 41.3 Å². The summed E-state index contributed by atoms with van der Waals surface area (Å²) in [6, 6.07) is 13.7. The van der Waals surface area contributed by atoms with Crippen molar-refractivity contribution < 1.29 is 19.1 Å². The third-order valence-corrected chi connectivity index (χ3v) is 5.54. The Labute approximate surface area is 182 Å². The Morgan fingerprint density at radius 1 is 1.00 bits per heavy atom. The quantitative estimate of drug-likeness (QED) is 0.627. The van der Waals surface area contributed by atoms with Crippen LogP contribution < -0.4 is 14.8 Å². The zero-order valence-electron chi connectivity index (χ0n) is 18.0. The Bertz CT molecular complexity index is 953. The zero-order chi connectivity index (χ0) is 21.8. The van der Waals surface area contributed by atoms with Crippen LogP contribution >= 0.6 is 0 Å². The van der Waals surface area contributed by atoms with Gasteiger partial charge in [-0.2, -0.15) is 0 Å². The third kappa shape index (κ3) is 5.66. The van der Waals surface area contributed by atoms with Gasteiger partial charge in [-0.05, 0) is 67.2 Å². The van der Waals surface area contributed by atoms with E-state index in [0.29, 0.717) is 29.6 Å². The molecule has 0 atom stereocenters. The van der Waals surface area contributed by atoms with Gasteiger partial charge in [-0.1, -0.05) is 12.1 Å². The molecule has 0 saturated heterocycles. The molecule has 2 aliphatic carbocycles. The van der Waals surface area contributed by atoms with Crippen LogP contribution in [0, 0.1) is 0 Å². The molecule has 1 N–H and O–H groups in total. The molecule has 162 valence electrons. The van der Waals surface area contributed by atoms with E-state index in [4.69, 9.17) is 9.47 Å². The summed E-state index contributed by atoms with van der Waals surface area (Å²) in [5.74, 6) is 1.30. The lowest BCUT2D eigenvalue weighted by Gasteiger charge is -2.21. The van der Waals surface area contributed by atoms with Crippen molar-refractivity contribution in [3.8, 4) is 11.5 Å². The van der Waals surface area contributed by atoms with Crippen molar-refractivity contribution in [1.29, 1.82) is 0 Å². The molecular weight excluding hydrogens is 392 g/mol. The fourth-order valence-corrected chi connectivity index (χ4v) is 3.42. The Kier molecular flexibility index (Phi) is 6.26. The maximum absolute atomic E-state index is 12.9. The first-order valence-electron chi connectivity index (χ1n) is 10.7. The van der Waals surface area contributed by atoms with E-state index in [-0.39, 0.29) is 17.9 Å². The van der Waals surface area contributed by atoms with E-state index in [0.717, 1.165) is 36.8 Å². The molecule has 2 fully saturated rings. The van der Waals surface area contributed by atoms with Crippen molar-refractivity contribution in [2.45, 2.75) is 44.3 Å². The number of rotatable bonds is 9. The Balaban J connectivity index is 1.42. The van der Waals surface area contributed by atoms with Crippen molar-refractivity contribution in [2.75, 3.05) is 14.2 Å². The van der Waals surface area contributed by atoms with Crippen molar-refractivity contribution in [3.63, 3.8) is 0 Å². The Morgan fingerprint density at radius 2 is 1.65 bits per heavy atom. The largest absolute Gasteiger partial charge is 0.497 e. The topological polar surface area (TPSA) is 67.9 Å². The van der Waals surface area contributed by atoms with E-state index in [1.165, 1.54) is 0 Å². The molecule has 0 heterocycles. The fourth-order valence-electron chi connectivity index (χ4n) is 3.42. The molecule has 2 amide bonds. The van der Waals surface area contributed by atoms with Gasteiger partial charge in [0.15, 0.2) is 0 Å². The summed E-state index contributed by atoms with van der Waals surface area (Å²) >= 11 is 0. The lowest BCUT2D eigenvalue weighted by molar-refractivity contribution is -0.127. The minimum Gasteiger partial charge on any atom is -0.497 e. The number of hydrogen-bond acceptors (Lipinski definition) is 4. The lowest BCUT2D eigenvalue weighted by atomic mass is 10.1. The van der Waals surface area contributed by atoms with Crippen LogP contribution in [0.1, 0.15) is 47.2 Å². The normalized spacial score (nSPS) is 15.5. The molecule has 0 bridgehead atoms. The van der Waals surface area contributed by atoms with Crippen LogP contribution in [0.15, 0.2) is 48.5 Å². The predicted molar refractivity (Wildman–Crippen MR) is 119 cm³/mol. The molecule has 0 spiro atoms. The maximum Gasteiger partial charge on any atom is 0.251 e. The maximum atomic E-state index is 12.9. The summed E-state index contributed by atoms with van der Waals surface area (Å²) < 4.78 is 10.6. The number of hydrogen-bond donors (Lipinski definition) is 1. The number of nitrogens with zero attached hydrogens (tertiary/aromatic N) is 1. The minimum absolute atomic E-state index is 0.0270. The number of carbonyl (C=O) groups excluding carboxylic acids is 2. The highest BCUT2D eigenvalue weighted by Gasteiger charge is 2.31. The Morgan fingerprint density at radius 3 is 2.19 bits per heavy atom. The summed E-state index contributed by atoms with van der Waals surface area (Å²) in [6.07, 6.45) is 7.57. The van der Waals surface area contributed by atoms with Gasteiger partial charge >= 0.3 is 0 Å². The molecule has 0 unspecified atom stereocenters. The van der Waals surface area contributed by atoms with E-state index in [9.17, 15) is 9.59 Å². The summed E-state index contributed by atoms with van der Waals surface area (Å²) in [4.78, 5) is 27.0. The van der Waals surface area contributed by atoms with Gasteiger partial charge in [0, 0.05) is 36.3 Å². The van der Waals surface area contributed by atoms with Gasteiger partial charge < -0.3 is 19.7 Å². The van der Waals surface area contributed by atoms with E-state index < -0.39 is 0 Å². The standard InChI is InChI=1S/C25H28N2O4/c1-30-22-13-18(14-23(15-22)31-2)5-12-24(28)27(21-10-11-21)16-17-3-6-19(7-4-17)25(29)26-20-8-9-20/h3-7,12-15,20-21H,8-11,16H2,1-2H3,(H,26,29)/b12-5+. The number of methoxy groups -OCH3 is 2. The van der Waals surface area contributed by atoms with Crippen LogP contribution in [0.25, 0.3) is 6.08 Å². The fraction of sp³-hybridized carbons (Fsp3) is 0.360. The molecule has 2 aliphatic rings. The van der Waals surface area contributed by atoms with Gasteiger partial charge in [0.05, 0.1) is 14.2 Å². The average molecular weight is 421 g/mol. The zero-order valence-corrected chi connectivity index (χ0v) is 18.0. The average Bonchev–Trinajstić information content (AvgIpc) is 3.71. The van der Waals surface area contributed by atoms with E-state index in [1.54, 1.807) is 32.4 Å². The SMILES string of the molecule is COc1cc(/C=C/C(=O)N(Cc2ccc(C(=O)NC3CC3)cc2)C2CC2)cc(OC)c1. The number of nitrogens with one attached hydrogen (secondary N) is 1. The van der Waals surface area contributed by atoms with Crippen molar-refractivity contribution in [2.24, 2.45) is 0 Å². The smallest absolute Gasteiger partial charge is 0.251 e.